The maximum atomic E-state index is 13.0. The number of imide groups is 1. The van der Waals surface area contributed by atoms with Crippen molar-refractivity contribution >= 4 is 28.5 Å². The van der Waals surface area contributed by atoms with E-state index < -0.39 is 0 Å². The standard InChI is InChI=1S/C27H26N2O3/c30-24(28-15-12-20(13-16-28)18-19-6-2-1-3-7-19)14-17-29-26(31)22-10-4-8-21-9-5-11-23(25(21)22)27(29)32/h1-11,20H,12-18H2. The highest BCUT2D eigenvalue weighted by Gasteiger charge is 2.33. The number of hydrogen-bond donors (Lipinski definition) is 0. The van der Waals surface area contributed by atoms with Gasteiger partial charge in [-0.1, -0.05) is 54.6 Å². The molecule has 0 spiro atoms. The Morgan fingerprint density at radius 3 is 2.06 bits per heavy atom. The largest absolute Gasteiger partial charge is 0.343 e. The molecule has 0 aromatic heterocycles. The summed E-state index contributed by atoms with van der Waals surface area (Å²) in [7, 11) is 0. The van der Waals surface area contributed by atoms with E-state index in [9.17, 15) is 14.4 Å². The summed E-state index contributed by atoms with van der Waals surface area (Å²) in [5.74, 6) is -0.0214. The molecule has 2 aliphatic heterocycles. The monoisotopic (exact) mass is 426 g/mol. The van der Waals surface area contributed by atoms with E-state index in [0.717, 1.165) is 37.7 Å². The first-order chi connectivity index (χ1) is 15.6. The molecule has 2 aliphatic rings. The van der Waals surface area contributed by atoms with Crippen LogP contribution in [-0.4, -0.2) is 47.2 Å². The molecular weight excluding hydrogens is 400 g/mol. The summed E-state index contributed by atoms with van der Waals surface area (Å²) in [6, 6.07) is 21.5. The van der Waals surface area contributed by atoms with Gasteiger partial charge in [0.25, 0.3) is 11.8 Å². The molecule has 0 aliphatic carbocycles. The van der Waals surface area contributed by atoms with Gasteiger partial charge in [-0.15, -0.1) is 0 Å². The Morgan fingerprint density at radius 2 is 1.44 bits per heavy atom. The number of rotatable bonds is 5. The summed E-state index contributed by atoms with van der Waals surface area (Å²) in [6.45, 7) is 1.59. The lowest BCUT2D eigenvalue weighted by atomic mass is 9.90. The highest BCUT2D eigenvalue weighted by atomic mass is 16.2. The van der Waals surface area contributed by atoms with Gasteiger partial charge in [0, 0.05) is 42.6 Å². The van der Waals surface area contributed by atoms with Crippen molar-refractivity contribution in [1.82, 2.24) is 9.80 Å². The van der Waals surface area contributed by atoms with Crippen LogP contribution in [0, 0.1) is 5.92 Å². The first-order valence-electron chi connectivity index (χ1n) is 11.3. The summed E-state index contributed by atoms with van der Waals surface area (Å²) in [5.41, 5.74) is 2.41. The van der Waals surface area contributed by atoms with E-state index in [1.165, 1.54) is 10.5 Å². The van der Waals surface area contributed by atoms with Gasteiger partial charge in [-0.05, 0) is 48.3 Å². The van der Waals surface area contributed by atoms with Crippen LogP contribution in [0.1, 0.15) is 45.5 Å². The smallest absolute Gasteiger partial charge is 0.261 e. The zero-order chi connectivity index (χ0) is 22.1. The summed E-state index contributed by atoms with van der Waals surface area (Å²) < 4.78 is 0. The second kappa shape index (κ2) is 8.58. The fourth-order valence-electron chi connectivity index (χ4n) is 4.98. The molecule has 0 radical (unpaired) electrons. The van der Waals surface area contributed by atoms with Crippen LogP contribution in [0.2, 0.25) is 0 Å². The van der Waals surface area contributed by atoms with Gasteiger partial charge in [-0.2, -0.15) is 0 Å². The Morgan fingerprint density at radius 1 is 0.812 bits per heavy atom. The molecule has 3 aromatic rings. The second-order valence-electron chi connectivity index (χ2n) is 8.74. The molecular formula is C27H26N2O3. The van der Waals surface area contributed by atoms with Crippen molar-refractivity contribution in [3.63, 3.8) is 0 Å². The van der Waals surface area contributed by atoms with Gasteiger partial charge in [0.15, 0.2) is 0 Å². The topological polar surface area (TPSA) is 57.7 Å². The van der Waals surface area contributed by atoms with Crippen molar-refractivity contribution < 1.29 is 14.4 Å². The molecule has 1 fully saturated rings. The van der Waals surface area contributed by atoms with Gasteiger partial charge >= 0.3 is 0 Å². The van der Waals surface area contributed by atoms with E-state index in [2.05, 4.69) is 24.3 Å². The van der Waals surface area contributed by atoms with E-state index in [4.69, 9.17) is 0 Å². The summed E-state index contributed by atoms with van der Waals surface area (Å²) in [6.07, 6.45) is 3.18. The van der Waals surface area contributed by atoms with Crippen molar-refractivity contribution in [2.24, 2.45) is 5.92 Å². The highest BCUT2D eigenvalue weighted by Crippen LogP contribution is 2.30. The number of hydrogen-bond acceptors (Lipinski definition) is 3. The Kier molecular flexibility index (Phi) is 5.48. The number of likely N-dealkylation sites (tertiary alicyclic amines) is 1. The predicted octanol–water partition coefficient (Wildman–Crippen LogP) is 4.31. The first kappa shape index (κ1) is 20.4. The fourth-order valence-corrected chi connectivity index (χ4v) is 4.98. The lowest BCUT2D eigenvalue weighted by Gasteiger charge is -2.33. The molecule has 0 N–H and O–H groups in total. The summed E-state index contributed by atoms with van der Waals surface area (Å²) in [4.78, 5) is 41.9. The summed E-state index contributed by atoms with van der Waals surface area (Å²) in [5, 5.41) is 1.60. The molecule has 3 aromatic carbocycles. The molecule has 0 saturated carbocycles. The van der Waals surface area contributed by atoms with Crippen LogP contribution in [-0.2, 0) is 11.2 Å². The second-order valence-corrected chi connectivity index (χ2v) is 8.74. The molecule has 0 atom stereocenters. The quantitative estimate of drug-likeness (QED) is 0.572. The highest BCUT2D eigenvalue weighted by molar-refractivity contribution is 6.25. The molecule has 3 amide bonds. The van der Waals surface area contributed by atoms with Gasteiger partial charge < -0.3 is 4.90 Å². The normalized spacial score (nSPS) is 16.6. The summed E-state index contributed by atoms with van der Waals surface area (Å²) >= 11 is 0. The van der Waals surface area contributed by atoms with Crippen LogP contribution >= 0.6 is 0 Å². The zero-order valence-electron chi connectivity index (χ0n) is 18.0. The number of nitrogens with zero attached hydrogens (tertiary/aromatic N) is 2. The molecule has 0 unspecified atom stereocenters. The Bertz CT molecular complexity index is 1130. The fraction of sp³-hybridized carbons (Fsp3) is 0.296. The molecule has 162 valence electrons. The number of piperidine rings is 1. The lowest BCUT2D eigenvalue weighted by molar-refractivity contribution is -0.132. The van der Waals surface area contributed by atoms with Crippen molar-refractivity contribution in [2.75, 3.05) is 19.6 Å². The number of carbonyl (C=O) groups excluding carboxylic acids is 3. The van der Waals surface area contributed by atoms with Crippen LogP contribution in [0.4, 0.5) is 0 Å². The molecule has 0 bridgehead atoms. The van der Waals surface area contributed by atoms with E-state index in [1.54, 1.807) is 12.1 Å². The van der Waals surface area contributed by atoms with Crippen LogP contribution in [0.3, 0.4) is 0 Å². The molecule has 32 heavy (non-hydrogen) atoms. The van der Waals surface area contributed by atoms with Crippen LogP contribution in [0.5, 0.6) is 0 Å². The minimum atomic E-state index is -0.311. The third kappa shape index (κ3) is 3.79. The van der Waals surface area contributed by atoms with Gasteiger partial charge in [0.2, 0.25) is 5.91 Å². The Labute approximate surface area is 187 Å². The Hall–Kier alpha value is -3.47. The third-order valence-electron chi connectivity index (χ3n) is 6.74. The van der Waals surface area contributed by atoms with Gasteiger partial charge in [0.05, 0.1) is 0 Å². The third-order valence-corrected chi connectivity index (χ3v) is 6.74. The van der Waals surface area contributed by atoms with Crippen molar-refractivity contribution in [3.05, 3.63) is 83.4 Å². The molecule has 5 nitrogen and oxygen atoms in total. The van der Waals surface area contributed by atoms with E-state index >= 15 is 0 Å². The van der Waals surface area contributed by atoms with Crippen molar-refractivity contribution in [1.29, 1.82) is 0 Å². The maximum Gasteiger partial charge on any atom is 0.261 e. The van der Waals surface area contributed by atoms with Crippen LogP contribution in [0.15, 0.2) is 66.7 Å². The zero-order valence-corrected chi connectivity index (χ0v) is 18.0. The SMILES string of the molecule is O=C(CCN1C(=O)c2cccc3cccc(c23)C1=O)N1CCC(Cc2ccccc2)CC1. The van der Waals surface area contributed by atoms with Crippen molar-refractivity contribution in [3.8, 4) is 0 Å². The number of benzene rings is 3. The van der Waals surface area contributed by atoms with Crippen molar-refractivity contribution in [2.45, 2.75) is 25.7 Å². The lowest BCUT2D eigenvalue weighted by Crippen LogP contribution is -2.44. The first-order valence-corrected chi connectivity index (χ1v) is 11.3. The number of amides is 3. The van der Waals surface area contributed by atoms with Gasteiger partial charge in [-0.25, -0.2) is 0 Å². The maximum absolute atomic E-state index is 13.0. The minimum absolute atomic E-state index is 0.0147. The van der Waals surface area contributed by atoms with E-state index in [0.29, 0.717) is 22.4 Å². The van der Waals surface area contributed by atoms with Gasteiger partial charge in [-0.3, -0.25) is 19.3 Å². The van der Waals surface area contributed by atoms with Gasteiger partial charge in [0.1, 0.15) is 0 Å². The molecule has 2 heterocycles. The van der Waals surface area contributed by atoms with Crippen LogP contribution in [0.25, 0.3) is 10.8 Å². The molecule has 5 rings (SSSR count). The minimum Gasteiger partial charge on any atom is -0.343 e. The van der Waals surface area contributed by atoms with Crippen LogP contribution < -0.4 is 0 Å². The Balaban J connectivity index is 1.20. The average Bonchev–Trinajstić information content (AvgIpc) is 2.83. The van der Waals surface area contributed by atoms with E-state index in [1.807, 2.05) is 35.2 Å². The molecule has 1 saturated heterocycles. The molecule has 5 heteroatoms. The average molecular weight is 427 g/mol. The predicted molar refractivity (Wildman–Crippen MR) is 123 cm³/mol. The van der Waals surface area contributed by atoms with E-state index in [-0.39, 0.29) is 30.7 Å². The number of carbonyl (C=O) groups is 3.